The topological polar surface area (TPSA) is 71.3 Å². The first-order valence-electron chi connectivity index (χ1n) is 7.17. The molecule has 1 atom stereocenters. The molecule has 1 aromatic heterocycles. The SMILES string of the molecule is CC(=O)NC1CCCN(Cc2noc(C(C)(C)C)n2)C1. The van der Waals surface area contributed by atoms with Gasteiger partial charge >= 0.3 is 0 Å². The third kappa shape index (κ3) is 4.03. The Morgan fingerprint density at radius 2 is 2.25 bits per heavy atom. The third-order valence-electron chi connectivity index (χ3n) is 3.39. The lowest BCUT2D eigenvalue weighted by atomic mass is 9.97. The summed E-state index contributed by atoms with van der Waals surface area (Å²) in [6.45, 7) is 10.3. The Hall–Kier alpha value is -1.43. The van der Waals surface area contributed by atoms with E-state index in [1.54, 1.807) is 6.92 Å². The molecule has 20 heavy (non-hydrogen) atoms. The van der Waals surface area contributed by atoms with E-state index >= 15 is 0 Å². The first-order chi connectivity index (χ1) is 9.34. The number of likely N-dealkylation sites (tertiary alicyclic amines) is 1. The summed E-state index contributed by atoms with van der Waals surface area (Å²) in [5.74, 6) is 1.42. The van der Waals surface area contributed by atoms with E-state index in [0.717, 1.165) is 31.8 Å². The maximum absolute atomic E-state index is 11.1. The predicted molar refractivity (Wildman–Crippen MR) is 75.1 cm³/mol. The standard InChI is InChI=1S/C14H24N4O2/c1-10(19)15-11-6-5-7-18(8-11)9-12-16-13(20-17-12)14(2,3)4/h11H,5-9H2,1-4H3,(H,15,19). The van der Waals surface area contributed by atoms with Gasteiger partial charge in [0.25, 0.3) is 0 Å². The van der Waals surface area contributed by atoms with E-state index < -0.39 is 0 Å². The maximum Gasteiger partial charge on any atom is 0.232 e. The summed E-state index contributed by atoms with van der Waals surface area (Å²) in [6, 6.07) is 0.232. The summed E-state index contributed by atoms with van der Waals surface area (Å²) in [4.78, 5) is 17.8. The number of nitrogens with zero attached hydrogens (tertiary/aromatic N) is 3. The number of piperidine rings is 1. The van der Waals surface area contributed by atoms with E-state index in [2.05, 4.69) is 41.1 Å². The summed E-state index contributed by atoms with van der Waals surface area (Å²) >= 11 is 0. The highest BCUT2D eigenvalue weighted by Crippen LogP contribution is 2.20. The molecule has 0 saturated carbocycles. The largest absolute Gasteiger partial charge is 0.352 e. The van der Waals surface area contributed by atoms with Crippen molar-refractivity contribution in [3.63, 3.8) is 0 Å². The van der Waals surface area contributed by atoms with Crippen LogP contribution in [0.25, 0.3) is 0 Å². The predicted octanol–water partition coefficient (Wildman–Crippen LogP) is 1.47. The molecule has 2 rings (SSSR count). The van der Waals surface area contributed by atoms with Crippen molar-refractivity contribution in [2.75, 3.05) is 13.1 Å². The van der Waals surface area contributed by atoms with E-state index in [9.17, 15) is 4.79 Å². The number of hydrogen-bond donors (Lipinski definition) is 1. The van der Waals surface area contributed by atoms with Crippen molar-refractivity contribution < 1.29 is 9.32 Å². The minimum atomic E-state index is -0.119. The van der Waals surface area contributed by atoms with Crippen molar-refractivity contribution >= 4 is 5.91 Å². The third-order valence-corrected chi connectivity index (χ3v) is 3.39. The second-order valence-electron chi connectivity index (χ2n) is 6.54. The lowest BCUT2D eigenvalue weighted by Gasteiger charge is -2.32. The van der Waals surface area contributed by atoms with Crippen LogP contribution in [-0.2, 0) is 16.8 Å². The molecule has 0 bridgehead atoms. The number of aromatic nitrogens is 2. The highest BCUT2D eigenvalue weighted by atomic mass is 16.5. The van der Waals surface area contributed by atoms with Gasteiger partial charge in [-0.2, -0.15) is 4.98 Å². The van der Waals surface area contributed by atoms with Crippen LogP contribution in [0.1, 0.15) is 52.3 Å². The van der Waals surface area contributed by atoms with Crippen LogP contribution in [0.2, 0.25) is 0 Å². The highest BCUT2D eigenvalue weighted by molar-refractivity contribution is 5.73. The van der Waals surface area contributed by atoms with Crippen molar-refractivity contribution in [2.24, 2.45) is 0 Å². The van der Waals surface area contributed by atoms with Gasteiger partial charge in [-0.25, -0.2) is 0 Å². The van der Waals surface area contributed by atoms with Crippen LogP contribution < -0.4 is 5.32 Å². The molecule has 1 aromatic rings. The molecule has 1 amide bonds. The molecule has 1 N–H and O–H groups in total. The van der Waals surface area contributed by atoms with Crippen LogP contribution in [0.3, 0.4) is 0 Å². The van der Waals surface area contributed by atoms with E-state index in [-0.39, 0.29) is 17.4 Å². The fourth-order valence-electron chi connectivity index (χ4n) is 2.43. The summed E-state index contributed by atoms with van der Waals surface area (Å²) in [5, 5.41) is 7.03. The van der Waals surface area contributed by atoms with Crippen LogP contribution >= 0.6 is 0 Å². The molecule has 0 radical (unpaired) electrons. The Bertz CT molecular complexity index is 464. The highest BCUT2D eigenvalue weighted by Gasteiger charge is 2.24. The van der Waals surface area contributed by atoms with Crippen molar-refractivity contribution in [3.8, 4) is 0 Å². The Kier molecular flexibility index (Phi) is 4.42. The first-order valence-corrected chi connectivity index (χ1v) is 7.17. The maximum atomic E-state index is 11.1. The van der Waals surface area contributed by atoms with Gasteiger partial charge in [0.2, 0.25) is 11.8 Å². The Labute approximate surface area is 119 Å². The molecule has 1 fully saturated rings. The molecule has 1 saturated heterocycles. The summed E-state index contributed by atoms with van der Waals surface area (Å²) < 4.78 is 5.30. The van der Waals surface area contributed by atoms with Crippen molar-refractivity contribution in [2.45, 2.75) is 58.5 Å². The fraction of sp³-hybridized carbons (Fsp3) is 0.786. The Morgan fingerprint density at radius 3 is 2.85 bits per heavy atom. The van der Waals surface area contributed by atoms with Crippen LogP contribution in [-0.4, -0.2) is 40.1 Å². The number of rotatable bonds is 3. The van der Waals surface area contributed by atoms with Crippen LogP contribution in [0.5, 0.6) is 0 Å². The smallest absolute Gasteiger partial charge is 0.232 e. The first kappa shape index (κ1) is 15.0. The second kappa shape index (κ2) is 5.91. The molecule has 2 heterocycles. The van der Waals surface area contributed by atoms with Crippen molar-refractivity contribution in [3.05, 3.63) is 11.7 Å². The average molecular weight is 280 g/mol. The quantitative estimate of drug-likeness (QED) is 0.907. The lowest BCUT2D eigenvalue weighted by molar-refractivity contribution is -0.120. The molecule has 0 spiro atoms. The van der Waals surface area contributed by atoms with Gasteiger partial charge in [-0.1, -0.05) is 25.9 Å². The Balaban J connectivity index is 1.92. The minimum Gasteiger partial charge on any atom is -0.352 e. The molecule has 1 aliphatic heterocycles. The van der Waals surface area contributed by atoms with Gasteiger partial charge in [0.05, 0.1) is 6.54 Å². The van der Waals surface area contributed by atoms with E-state index in [1.807, 2.05) is 0 Å². The molecule has 112 valence electrons. The zero-order chi connectivity index (χ0) is 14.8. The average Bonchev–Trinajstić information content (AvgIpc) is 2.76. The van der Waals surface area contributed by atoms with Gasteiger partial charge in [-0.3, -0.25) is 9.69 Å². The Morgan fingerprint density at radius 1 is 1.50 bits per heavy atom. The zero-order valence-corrected chi connectivity index (χ0v) is 12.8. The molecule has 6 heteroatoms. The van der Waals surface area contributed by atoms with Crippen LogP contribution in [0.15, 0.2) is 4.52 Å². The van der Waals surface area contributed by atoms with E-state index in [0.29, 0.717) is 12.4 Å². The lowest BCUT2D eigenvalue weighted by Crippen LogP contribution is -2.46. The molecule has 6 nitrogen and oxygen atoms in total. The fourth-order valence-corrected chi connectivity index (χ4v) is 2.43. The van der Waals surface area contributed by atoms with Crippen molar-refractivity contribution in [1.29, 1.82) is 0 Å². The van der Waals surface area contributed by atoms with Gasteiger partial charge in [0.1, 0.15) is 0 Å². The number of amides is 1. The second-order valence-corrected chi connectivity index (χ2v) is 6.54. The molecular weight excluding hydrogens is 256 g/mol. The minimum absolute atomic E-state index is 0.0337. The summed E-state index contributed by atoms with van der Waals surface area (Å²) in [6.07, 6.45) is 2.12. The number of hydrogen-bond acceptors (Lipinski definition) is 5. The monoisotopic (exact) mass is 280 g/mol. The molecule has 1 aliphatic rings. The zero-order valence-electron chi connectivity index (χ0n) is 12.8. The molecule has 0 aromatic carbocycles. The normalized spacial score (nSPS) is 20.9. The summed E-state index contributed by atoms with van der Waals surface area (Å²) in [7, 11) is 0. The van der Waals surface area contributed by atoms with Gasteiger partial charge in [-0.15, -0.1) is 0 Å². The molecular formula is C14H24N4O2. The van der Waals surface area contributed by atoms with Gasteiger partial charge in [-0.05, 0) is 19.4 Å². The molecule has 1 unspecified atom stereocenters. The van der Waals surface area contributed by atoms with E-state index in [4.69, 9.17) is 4.52 Å². The van der Waals surface area contributed by atoms with Crippen LogP contribution in [0.4, 0.5) is 0 Å². The number of carbonyl (C=O) groups is 1. The number of nitrogens with one attached hydrogen (secondary N) is 1. The van der Waals surface area contributed by atoms with Gasteiger partial charge < -0.3 is 9.84 Å². The van der Waals surface area contributed by atoms with Gasteiger partial charge in [0, 0.05) is 24.9 Å². The van der Waals surface area contributed by atoms with Crippen molar-refractivity contribution in [1.82, 2.24) is 20.4 Å². The number of carbonyl (C=O) groups excluding carboxylic acids is 1. The van der Waals surface area contributed by atoms with Crippen LogP contribution in [0, 0.1) is 0 Å². The molecule has 0 aliphatic carbocycles. The van der Waals surface area contributed by atoms with Gasteiger partial charge in [0.15, 0.2) is 5.82 Å². The van der Waals surface area contributed by atoms with E-state index in [1.165, 1.54) is 0 Å². The summed E-state index contributed by atoms with van der Waals surface area (Å²) in [5.41, 5.74) is -0.119.